The molecule has 2 heterocycles. The lowest BCUT2D eigenvalue weighted by Crippen LogP contribution is -2.44. The van der Waals surface area contributed by atoms with E-state index in [0.717, 1.165) is 11.4 Å². The molecule has 0 aliphatic carbocycles. The molecule has 2 aliphatic rings. The maximum Gasteiger partial charge on any atom is 0.247 e. The molecule has 1 fully saturated rings. The van der Waals surface area contributed by atoms with Crippen LogP contribution in [0.5, 0.6) is 0 Å². The van der Waals surface area contributed by atoms with Gasteiger partial charge in [0.05, 0.1) is 16.3 Å². The third-order valence-electron chi connectivity index (χ3n) is 4.45. The van der Waals surface area contributed by atoms with E-state index in [1.54, 1.807) is 30.3 Å². The molecule has 2 atom stereocenters. The fourth-order valence-electron chi connectivity index (χ4n) is 3.37. The summed E-state index contributed by atoms with van der Waals surface area (Å²) in [5.74, 6) is -0.0879. The number of sulfonamides is 1. The van der Waals surface area contributed by atoms with Crippen LogP contribution in [0.4, 0.5) is 11.4 Å². The molecule has 24 heavy (non-hydrogen) atoms. The second-order valence-electron chi connectivity index (χ2n) is 6.04. The molecule has 0 saturated carbocycles. The highest BCUT2D eigenvalue weighted by Crippen LogP contribution is 2.36. The van der Waals surface area contributed by atoms with Gasteiger partial charge in [-0.05, 0) is 30.7 Å². The van der Waals surface area contributed by atoms with E-state index in [-0.39, 0.29) is 22.9 Å². The van der Waals surface area contributed by atoms with Crippen LogP contribution in [0.15, 0.2) is 59.5 Å². The zero-order valence-corrected chi connectivity index (χ0v) is 13.7. The van der Waals surface area contributed by atoms with E-state index in [1.165, 1.54) is 0 Å². The van der Waals surface area contributed by atoms with Crippen molar-refractivity contribution in [1.29, 1.82) is 0 Å². The number of hydrogen-bond donors (Lipinski definition) is 2. The summed E-state index contributed by atoms with van der Waals surface area (Å²) in [7, 11) is -3.59. The van der Waals surface area contributed by atoms with Gasteiger partial charge in [-0.25, -0.2) is 13.1 Å². The first kappa shape index (κ1) is 15.2. The van der Waals surface area contributed by atoms with Crippen LogP contribution >= 0.6 is 0 Å². The van der Waals surface area contributed by atoms with Gasteiger partial charge in [0.15, 0.2) is 0 Å². The fourth-order valence-corrected chi connectivity index (χ4v) is 4.63. The van der Waals surface area contributed by atoms with Gasteiger partial charge in [-0.15, -0.1) is 0 Å². The monoisotopic (exact) mass is 343 g/mol. The van der Waals surface area contributed by atoms with E-state index in [9.17, 15) is 13.2 Å². The molecular formula is C17H17N3O3S. The number of fused-ring (bicyclic) bond motifs is 3. The van der Waals surface area contributed by atoms with E-state index in [2.05, 4.69) is 10.0 Å². The van der Waals surface area contributed by atoms with Crippen molar-refractivity contribution in [2.24, 2.45) is 0 Å². The molecule has 6 nitrogen and oxygen atoms in total. The SMILES string of the molecule is O=C1Nc2ccccc2N2CC(NS(=O)(=O)c3ccccc3)CC12. The Kier molecular flexibility index (Phi) is 3.54. The Balaban J connectivity index is 1.58. The van der Waals surface area contributed by atoms with Gasteiger partial charge in [0, 0.05) is 12.6 Å². The summed E-state index contributed by atoms with van der Waals surface area (Å²) in [6, 6.07) is 15.2. The zero-order valence-electron chi connectivity index (χ0n) is 12.8. The third-order valence-corrected chi connectivity index (χ3v) is 5.99. The molecule has 4 rings (SSSR count). The molecule has 7 heteroatoms. The van der Waals surface area contributed by atoms with Crippen molar-refractivity contribution < 1.29 is 13.2 Å². The summed E-state index contributed by atoms with van der Waals surface area (Å²) >= 11 is 0. The number of carbonyl (C=O) groups excluding carboxylic acids is 1. The fraction of sp³-hybridized carbons (Fsp3) is 0.235. The summed E-state index contributed by atoms with van der Waals surface area (Å²) in [6.07, 6.45) is 0.451. The minimum Gasteiger partial charge on any atom is -0.356 e. The molecule has 2 unspecified atom stereocenters. The Bertz CT molecular complexity index is 883. The lowest BCUT2D eigenvalue weighted by atomic mass is 10.1. The van der Waals surface area contributed by atoms with Crippen molar-refractivity contribution in [2.45, 2.75) is 23.4 Å². The lowest BCUT2D eigenvalue weighted by molar-refractivity contribution is -0.117. The number of nitrogens with one attached hydrogen (secondary N) is 2. The minimum atomic E-state index is -3.59. The third kappa shape index (κ3) is 2.55. The predicted octanol–water partition coefficient (Wildman–Crippen LogP) is 1.56. The lowest BCUT2D eigenvalue weighted by Gasteiger charge is -2.32. The van der Waals surface area contributed by atoms with Gasteiger partial charge in [0.2, 0.25) is 15.9 Å². The number of para-hydroxylation sites is 2. The van der Waals surface area contributed by atoms with E-state index in [1.807, 2.05) is 29.2 Å². The van der Waals surface area contributed by atoms with Gasteiger partial charge in [-0.3, -0.25) is 4.79 Å². The van der Waals surface area contributed by atoms with Crippen LogP contribution < -0.4 is 14.9 Å². The molecule has 2 aromatic carbocycles. The van der Waals surface area contributed by atoms with Crippen LogP contribution in [-0.2, 0) is 14.8 Å². The number of carbonyl (C=O) groups is 1. The summed E-state index contributed by atoms with van der Waals surface area (Å²) < 4.78 is 27.7. The standard InChI is InChI=1S/C17H17N3O3S/c21-17-16-10-12(19-24(22,23)13-6-2-1-3-7-13)11-20(16)15-9-5-4-8-14(15)18-17/h1-9,12,16,19H,10-11H2,(H,18,21). The van der Waals surface area contributed by atoms with Crippen molar-refractivity contribution in [3.8, 4) is 0 Å². The van der Waals surface area contributed by atoms with Crippen LogP contribution in [0, 0.1) is 0 Å². The number of hydrogen-bond acceptors (Lipinski definition) is 4. The van der Waals surface area contributed by atoms with Crippen molar-refractivity contribution in [3.05, 3.63) is 54.6 Å². The Labute approximate surface area is 140 Å². The van der Waals surface area contributed by atoms with E-state index < -0.39 is 10.0 Å². The van der Waals surface area contributed by atoms with Crippen LogP contribution in [0.1, 0.15) is 6.42 Å². The van der Waals surface area contributed by atoms with E-state index in [0.29, 0.717) is 13.0 Å². The molecule has 0 bridgehead atoms. The molecule has 2 aromatic rings. The van der Waals surface area contributed by atoms with Gasteiger partial charge >= 0.3 is 0 Å². The molecule has 1 saturated heterocycles. The zero-order chi connectivity index (χ0) is 16.7. The van der Waals surface area contributed by atoms with Crippen LogP contribution in [0.25, 0.3) is 0 Å². The van der Waals surface area contributed by atoms with Crippen LogP contribution in [-0.4, -0.2) is 33.0 Å². The summed E-state index contributed by atoms with van der Waals surface area (Å²) in [5.41, 5.74) is 1.70. The number of nitrogens with zero attached hydrogens (tertiary/aromatic N) is 1. The molecule has 1 amide bonds. The van der Waals surface area contributed by atoms with Crippen molar-refractivity contribution in [2.75, 3.05) is 16.8 Å². The van der Waals surface area contributed by atoms with E-state index in [4.69, 9.17) is 0 Å². The number of rotatable bonds is 3. The highest BCUT2D eigenvalue weighted by molar-refractivity contribution is 7.89. The largest absolute Gasteiger partial charge is 0.356 e. The Morgan fingerprint density at radius 1 is 1.04 bits per heavy atom. The van der Waals surface area contributed by atoms with E-state index >= 15 is 0 Å². The summed E-state index contributed by atoms with van der Waals surface area (Å²) in [6.45, 7) is 0.473. The van der Waals surface area contributed by atoms with Crippen LogP contribution in [0.3, 0.4) is 0 Å². The van der Waals surface area contributed by atoms with Gasteiger partial charge in [0.1, 0.15) is 6.04 Å². The minimum absolute atomic E-state index is 0.0879. The molecule has 0 radical (unpaired) electrons. The molecule has 2 aliphatic heterocycles. The average Bonchev–Trinajstić information content (AvgIpc) is 3.00. The summed E-state index contributed by atoms with van der Waals surface area (Å²) in [5, 5.41) is 2.89. The van der Waals surface area contributed by atoms with Gasteiger partial charge in [0.25, 0.3) is 0 Å². The number of anilines is 2. The average molecular weight is 343 g/mol. The van der Waals surface area contributed by atoms with Crippen molar-refractivity contribution >= 4 is 27.3 Å². The Hall–Kier alpha value is -2.38. The molecular weight excluding hydrogens is 326 g/mol. The Morgan fingerprint density at radius 3 is 2.54 bits per heavy atom. The predicted molar refractivity (Wildman–Crippen MR) is 91.4 cm³/mol. The number of amides is 1. The highest BCUT2D eigenvalue weighted by Gasteiger charge is 2.42. The van der Waals surface area contributed by atoms with Gasteiger partial charge in [-0.2, -0.15) is 0 Å². The van der Waals surface area contributed by atoms with Crippen molar-refractivity contribution in [1.82, 2.24) is 4.72 Å². The molecule has 0 spiro atoms. The molecule has 124 valence electrons. The smallest absolute Gasteiger partial charge is 0.247 e. The Morgan fingerprint density at radius 2 is 1.75 bits per heavy atom. The maximum absolute atomic E-state index is 12.5. The first-order valence-electron chi connectivity index (χ1n) is 7.78. The molecule has 0 aromatic heterocycles. The maximum atomic E-state index is 12.5. The summed E-state index contributed by atoms with van der Waals surface area (Å²) in [4.78, 5) is 14.5. The second kappa shape index (κ2) is 5.61. The van der Waals surface area contributed by atoms with Crippen molar-refractivity contribution in [3.63, 3.8) is 0 Å². The van der Waals surface area contributed by atoms with Gasteiger partial charge in [-0.1, -0.05) is 30.3 Å². The van der Waals surface area contributed by atoms with Crippen LogP contribution in [0.2, 0.25) is 0 Å². The number of benzene rings is 2. The molecule has 2 N–H and O–H groups in total. The highest BCUT2D eigenvalue weighted by atomic mass is 32.2. The normalized spacial score (nSPS) is 22.7. The first-order valence-corrected chi connectivity index (χ1v) is 9.27. The van der Waals surface area contributed by atoms with Gasteiger partial charge < -0.3 is 10.2 Å². The topological polar surface area (TPSA) is 78.5 Å². The quantitative estimate of drug-likeness (QED) is 0.887. The second-order valence-corrected chi connectivity index (χ2v) is 7.76. The first-order chi connectivity index (χ1) is 11.5.